The van der Waals surface area contributed by atoms with Crippen molar-refractivity contribution in [1.82, 2.24) is 19.8 Å². The molecule has 3 heterocycles. The summed E-state index contributed by atoms with van der Waals surface area (Å²) in [6.07, 6.45) is 7.28. The Labute approximate surface area is 196 Å². The predicted octanol–water partition coefficient (Wildman–Crippen LogP) is 4.97. The summed E-state index contributed by atoms with van der Waals surface area (Å²) in [7, 11) is 0. The molecule has 4 aromatic rings. The molecular formula is C26H25FN4OS. The molecule has 33 heavy (non-hydrogen) atoms. The molecule has 2 aromatic carbocycles. The van der Waals surface area contributed by atoms with Crippen molar-refractivity contribution in [2.75, 3.05) is 32.4 Å². The van der Waals surface area contributed by atoms with Gasteiger partial charge in [-0.15, -0.1) is 11.8 Å². The Morgan fingerprint density at radius 1 is 1.06 bits per heavy atom. The smallest absolute Gasteiger partial charge is 0.257 e. The predicted molar refractivity (Wildman–Crippen MR) is 130 cm³/mol. The molecule has 0 bridgehead atoms. The molecule has 1 aliphatic heterocycles. The Bertz CT molecular complexity index is 1280. The van der Waals surface area contributed by atoms with Crippen LogP contribution in [0.4, 0.5) is 4.39 Å². The van der Waals surface area contributed by atoms with Crippen LogP contribution < -0.4 is 0 Å². The molecule has 1 atom stereocenters. The Morgan fingerprint density at radius 2 is 1.88 bits per heavy atom. The van der Waals surface area contributed by atoms with Crippen molar-refractivity contribution in [2.24, 2.45) is 0 Å². The summed E-state index contributed by atoms with van der Waals surface area (Å²) in [4.78, 5) is 26.1. The second-order valence-electron chi connectivity index (χ2n) is 8.16. The first kappa shape index (κ1) is 21.7. The van der Waals surface area contributed by atoms with Gasteiger partial charge < -0.3 is 9.88 Å². The van der Waals surface area contributed by atoms with Crippen LogP contribution in [0.3, 0.4) is 0 Å². The second-order valence-corrected chi connectivity index (χ2v) is 9.00. The van der Waals surface area contributed by atoms with Crippen molar-refractivity contribution in [3.05, 3.63) is 95.7 Å². The number of nitrogens with one attached hydrogen (secondary N) is 1. The molecule has 7 heteroatoms. The molecule has 5 nitrogen and oxygen atoms in total. The van der Waals surface area contributed by atoms with Crippen LogP contribution in [-0.2, 0) is 0 Å². The molecule has 0 radical (unpaired) electrons. The zero-order chi connectivity index (χ0) is 22.8. The van der Waals surface area contributed by atoms with Gasteiger partial charge in [-0.3, -0.25) is 14.7 Å². The van der Waals surface area contributed by atoms with E-state index in [4.69, 9.17) is 0 Å². The fourth-order valence-corrected chi connectivity index (χ4v) is 5.28. The van der Waals surface area contributed by atoms with Gasteiger partial charge in [-0.2, -0.15) is 0 Å². The van der Waals surface area contributed by atoms with Gasteiger partial charge in [0.25, 0.3) is 5.91 Å². The summed E-state index contributed by atoms with van der Waals surface area (Å²) in [5, 5.41) is 0.930. The van der Waals surface area contributed by atoms with Gasteiger partial charge in [0.15, 0.2) is 0 Å². The van der Waals surface area contributed by atoms with E-state index in [1.165, 1.54) is 11.0 Å². The third kappa shape index (κ3) is 4.26. The molecule has 0 aliphatic carbocycles. The average molecular weight is 461 g/mol. The van der Waals surface area contributed by atoms with E-state index < -0.39 is 0 Å². The highest BCUT2D eigenvalue weighted by Crippen LogP contribution is 2.35. The molecule has 1 fully saturated rings. The molecule has 1 N–H and O–H groups in total. The van der Waals surface area contributed by atoms with Gasteiger partial charge in [0.2, 0.25) is 0 Å². The number of H-pyrrole nitrogens is 1. The number of rotatable bonds is 5. The lowest BCUT2D eigenvalue weighted by molar-refractivity contribution is 0.0597. The number of thioether (sulfide) groups is 1. The van der Waals surface area contributed by atoms with E-state index in [1.807, 2.05) is 35.4 Å². The largest absolute Gasteiger partial charge is 0.360 e. The summed E-state index contributed by atoms with van der Waals surface area (Å²) in [6.45, 7) is 2.60. The minimum absolute atomic E-state index is 0.0120. The number of aromatic nitrogens is 2. The van der Waals surface area contributed by atoms with E-state index in [9.17, 15) is 9.18 Å². The highest BCUT2D eigenvalue weighted by Gasteiger charge is 2.30. The van der Waals surface area contributed by atoms with Gasteiger partial charge in [-0.1, -0.05) is 30.3 Å². The molecule has 1 aliphatic rings. The number of nitrogens with zero attached hydrogens (tertiary/aromatic N) is 3. The normalized spacial score (nSPS) is 15.6. The molecular weight excluding hydrogens is 435 g/mol. The summed E-state index contributed by atoms with van der Waals surface area (Å²) in [5.41, 5.74) is 3.51. The first-order chi connectivity index (χ1) is 16.2. The van der Waals surface area contributed by atoms with Crippen LogP contribution in [0.1, 0.15) is 27.5 Å². The topological polar surface area (TPSA) is 52.2 Å². The van der Waals surface area contributed by atoms with Gasteiger partial charge in [0.05, 0.1) is 17.1 Å². The van der Waals surface area contributed by atoms with Gasteiger partial charge in [-0.25, -0.2) is 4.39 Å². The number of amides is 1. The van der Waals surface area contributed by atoms with E-state index in [2.05, 4.69) is 33.3 Å². The van der Waals surface area contributed by atoms with Crippen molar-refractivity contribution in [3.63, 3.8) is 0 Å². The van der Waals surface area contributed by atoms with Crippen LogP contribution in [0.2, 0.25) is 0 Å². The number of carbonyl (C=O) groups is 1. The molecule has 1 amide bonds. The number of piperazine rings is 1. The SMILES string of the molecule is CSc1ccccc1C(c1cccc(F)c1)N1CCN(C(=O)c2cncc3cc[nH]c23)CC1. The molecule has 2 aromatic heterocycles. The van der Waals surface area contributed by atoms with E-state index >= 15 is 0 Å². The lowest BCUT2D eigenvalue weighted by Crippen LogP contribution is -2.50. The maximum absolute atomic E-state index is 14.2. The number of hydrogen-bond acceptors (Lipinski definition) is 4. The maximum Gasteiger partial charge on any atom is 0.257 e. The summed E-state index contributed by atoms with van der Waals surface area (Å²) in [5.74, 6) is -0.249. The lowest BCUT2D eigenvalue weighted by atomic mass is 9.96. The van der Waals surface area contributed by atoms with E-state index in [-0.39, 0.29) is 17.8 Å². The van der Waals surface area contributed by atoms with Gasteiger partial charge in [0, 0.05) is 55.1 Å². The number of pyridine rings is 1. The van der Waals surface area contributed by atoms with Crippen LogP contribution >= 0.6 is 11.8 Å². The van der Waals surface area contributed by atoms with Crippen LogP contribution in [0.5, 0.6) is 0 Å². The number of fused-ring (bicyclic) bond motifs is 1. The Kier molecular flexibility index (Phi) is 6.15. The molecule has 0 saturated carbocycles. The summed E-state index contributed by atoms with van der Waals surface area (Å²) >= 11 is 1.70. The Morgan fingerprint density at radius 3 is 2.67 bits per heavy atom. The number of carbonyl (C=O) groups excluding carboxylic acids is 1. The van der Waals surface area contributed by atoms with E-state index in [0.29, 0.717) is 31.7 Å². The first-order valence-electron chi connectivity index (χ1n) is 11.0. The minimum Gasteiger partial charge on any atom is -0.360 e. The number of aromatic amines is 1. The first-order valence-corrected chi connectivity index (χ1v) is 12.2. The van der Waals surface area contributed by atoms with Crippen LogP contribution in [0.15, 0.2) is 78.1 Å². The standard InChI is InChI=1S/C26H25FN4OS/c1-33-23-8-3-2-7-21(23)25(18-5-4-6-20(27)15-18)30-11-13-31(14-12-30)26(32)22-17-28-16-19-9-10-29-24(19)22/h2-10,15-17,25,29H,11-14H2,1H3. The van der Waals surface area contributed by atoms with Gasteiger partial charge in [-0.05, 0) is 41.6 Å². The quantitative estimate of drug-likeness (QED) is 0.427. The number of hydrogen-bond donors (Lipinski definition) is 1. The molecule has 1 unspecified atom stereocenters. The lowest BCUT2D eigenvalue weighted by Gasteiger charge is -2.40. The Hall–Kier alpha value is -3.16. The second kappa shape index (κ2) is 9.37. The number of benzene rings is 2. The highest BCUT2D eigenvalue weighted by molar-refractivity contribution is 7.98. The summed E-state index contributed by atoms with van der Waals surface area (Å²) in [6, 6.07) is 17.0. The summed E-state index contributed by atoms with van der Waals surface area (Å²) < 4.78 is 14.2. The van der Waals surface area contributed by atoms with E-state index in [0.717, 1.165) is 22.0 Å². The third-order valence-corrected chi connectivity index (χ3v) is 7.07. The van der Waals surface area contributed by atoms with Gasteiger partial charge >= 0.3 is 0 Å². The van der Waals surface area contributed by atoms with Crippen LogP contribution in [-0.4, -0.2) is 58.1 Å². The van der Waals surface area contributed by atoms with Crippen LogP contribution in [0.25, 0.3) is 10.9 Å². The molecule has 5 rings (SSSR count). The highest BCUT2D eigenvalue weighted by atomic mass is 32.2. The average Bonchev–Trinajstić information content (AvgIpc) is 3.34. The van der Waals surface area contributed by atoms with Gasteiger partial charge in [0.1, 0.15) is 5.82 Å². The van der Waals surface area contributed by atoms with E-state index in [1.54, 1.807) is 36.3 Å². The number of halogens is 1. The zero-order valence-electron chi connectivity index (χ0n) is 18.4. The van der Waals surface area contributed by atoms with Crippen LogP contribution in [0, 0.1) is 5.82 Å². The zero-order valence-corrected chi connectivity index (χ0v) is 19.2. The Balaban J connectivity index is 1.41. The van der Waals surface area contributed by atoms with Crippen molar-refractivity contribution in [1.29, 1.82) is 0 Å². The van der Waals surface area contributed by atoms with Crippen molar-refractivity contribution >= 4 is 28.6 Å². The third-order valence-electron chi connectivity index (χ3n) is 6.26. The molecule has 1 saturated heterocycles. The monoisotopic (exact) mass is 460 g/mol. The van der Waals surface area contributed by atoms with Crippen molar-refractivity contribution in [2.45, 2.75) is 10.9 Å². The fraction of sp³-hybridized carbons (Fsp3) is 0.231. The molecule has 168 valence electrons. The molecule has 0 spiro atoms. The fourth-order valence-electron chi connectivity index (χ4n) is 4.65. The minimum atomic E-state index is -0.237. The van der Waals surface area contributed by atoms with Crippen molar-refractivity contribution < 1.29 is 9.18 Å². The van der Waals surface area contributed by atoms with Crippen molar-refractivity contribution in [3.8, 4) is 0 Å². The maximum atomic E-state index is 14.2.